The fraction of sp³-hybridized carbons (Fsp3) is 0.875. The number of hydrogen-bond donors (Lipinski definition) is 0. The van der Waals surface area contributed by atoms with Crippen LogP contribution in [0, 0.1) is 0 Å². The van der Waals surface area contributed by atoms with Crippen LogP contribution in [-0.2, 0) is 14.3 Å². The van der Waals surface area contributed by atoms with Crippen molar-refractivity contribution in [1.82, 2.24) is 0 Å². The van der Waals surface area contributed by atoms with Crippen LogP contribution in [0.25, 0.3) is 0 Å². The van der Waals surface area contributed by atoms with Gasteiger partial charge in [0.1, 0.15) is 0 Å². The third-order valence-electron chi connectivity index (χ3n) is 2.68. The van der Waals surface area contributed by atoms with Crippen molar-refractivity contribution in [3.8, 4) is 0 Å². The second-order valence-electron chi connectivity index (χ2n) is 3.38. The van der Waals surface area contributed by atoms with Gasteiger partial charge in [0, 0.05) is 0 Å². The average Bonchev–Trinajstić information content (AvgIpc) is 2.56. The second kappa shape index (κ2) is 1.84. The van der Waals surface area contributed by atoms with Crippen molar-refractivity contribution in [2.75, 3.05) is 6.61 Å². The molecule has 11 heavy (non-hydrogen) atoms. The number of carbonyl (C=O) groups excluding carboxylic acids is 1. The first kappa shape index (κ1) is 7.25. The standard InChI is InChI=1S/C8H12O3/c1-6(9)8-4-3-5-10-7(8,2)11-8/h3-5H2,1-2H3. The molecule has 0 spiro atoms. The molecule has 2 heterocycles. The van der Waals surface area contributed by atoms with Crippen molar-refractivity contribution in [1.29, 1.82) is 0 Å². The van der Waals surface area contributed by atoms with Crippen LogP contribution in [-0.4, -0.2) is 23.8 Å². The molecule has 0 N–H and O–H groups in total. The first-order valence-electron chi connectivity index (χ1n) is 3.96. The molecule has 2 aliphatic heterocycles. The lowest BCUT2D eigenvalue weighted by Crippen LogP contribution is -2.36. The van der Waals surface area contributed by atoms with Gasteiger partial charge in [-0.2, -0.15) is 0 Å². The van der Waals surface area contributed by atoms with Gasteiger partial charge in [-0.25, -0.2) is 0 Å². The zero-order chi connectivity index (χ0) is 8.11. The highest BCUT2D eigenvalue weighted by Crippen LogP contribution is 2.54. The normalized spacial score (nSPS) is 48.2. The van der Waals surface area contributed by atoms with Crippen LogP contribution in [0.1, 0.15) is 26.7 Å². The van der Waals surface area contributed by atoms with E-state index in [0.717, 1.165) is 12.8 Å². The fourth-order valence-corrected chi connectivity index (χ4v) is 1.89. The average molecular weight is 156 g/mol. The Bertz CT molecular complexity index is 209. The summed E-state index contributed by atoms with van der Waals surface area (Å²) in [5, 5.41) is 0. The highest BCUT2D eigenvalue weighted by Gasteiger charge is 2.72. The van der Waals surface area contributed by atoms with Gasteiger partial charge in [0.15, 0.2) is 11.4 Å². The minimum absolute atomic E-state index is 0.0969. The molecule has 0 saturated carbocycles. The maximum Gasteiger partial charge on any atom is 0.203 e. The van der Waals surface area contributed by atoms with Crippen molar-refractivity contribution in [2.24, 2.45) is 0 Å². The number of rotatable bonds is 1. The topological polar surface area (TPSA) is 38.8 Å². The second-order valence-corrected chi connectivity index (χ2v) is 3.38. The van der Waals surface area contributed by atoms with E-state index in [-0.39, 0.29) is 5.78 Å². The van der Waals surface area contributed by atoms with Crippen molar-refractivity contribution >= 4 is 5.78 Å². The lowest BCUT2D eigenvalue weighted by molar-refractivity contribution is -0.124. The van der Waals surface area contributed by atoms with Crippen LogP contribution in [0.15, 0.2) is 0 Å². The summed E-state index contributed by atoms with van der Waals surface area (Å²) in [6.45, 7) is 4.12. The summed E-state index contributed by atoms with van der Waals surface area (Å²) in [5.41, 5.74) is -0.578. The highest BCUT2D eigenvalue weighted by molar-refractivity contribution is 5.89. The van der Waals surface area contributed by atoms with Crippen molar-refractivity contribution in [3.05, 3.63) is 0 Å². The predicted molar refractivity (Wildman–Crippen MR) is 38.1 cm³/mol. The summed E-state index contributed by atoms with van der Waals surface area (Å²) >= 11 is 0. The Morgan fingerprint density at radius 2 is 2.27 bits per heavy atom. The summed E-state index contributed by atoms with van der Waals surface area (Å²) < 4.78 is 10.7. The maximum atomic E-state index is 11.2. The Kier molecular flexibility index (Phi) is 1.22. The Balaban J connectivity index is 2.23. The lowest BCUT2D eigenvalue weighted by Gasteiger charge is -2.19. The molecule has 3 nitrogen and oxygen atoms in total. The minimum Gasteiger partial charge on any atom is -0.347 e. The number of fused-ring (bicyclic) bond motifs is 1. The summed E-state index contributed by atoms with van der Waals surface area (Å²) in [6, 6.07) is 0. The van der Waals surface area contributed by atoms with Crippen LogP contribution < -0.4 is 0 Å². The maximum absolute atomic E-state index is 11.2. The Hall–Kier alpha value is -0.410. The van der Waals surface area contributed by atoms with Gasteiger partial charge < -0.3 is 9.47 Å². The Labute approximate surface area is 65.7 Å². The molecule has 0 bridgehead atoms. The molecular formula is C8H12O3. The molecule has 2 aliphatic rings. The molecule has 2 saturated heterocycles. The van der Waals surface area contributed by atoms with E-state index >= 15 is 0 Å². The zero-order valence-electron chi connectivity index (χ0n) is 6.85. The van der Waals surface area contributed by atoms with Crippen LogP contribution >= 0.6 is 0 Å². The number of hydrogen-bond acceptors (Lipinski definition) is 3. The van der Waals surface area contributed by atoms with E-state index in [1.54, 1.807) is 6.92 Å². The number of epoxide rings is 1. The molecule has 0 radical (unpaired) electrons. The lowest BCUT2D eigenvalue weighted by atomic mass is 9.92. The van der Waals surface area contributed by atoms with E-state index in [9.17, 15) is 4.79 Å². The van der Waals surface area contributed by atoms with Crippen LogP contribution in [0.4, 0.5) is 0 Å². The SMILES string of the molecule is CC(=O)C12CCCOC1(C)O2. The van der Waals surface area contributed by atoms with E-state index in [2.05, 4.69) is 0 Å². The van der Waals surface area contributed by atoms with Crippen LogP contribution in [0.2, 0.25) is 0 Å². The van der Waals surface area contributed by atoms with Gasteiger partial charge in [-0.15, -0.1) is 0 Å². The van der Waals surface area contributed by atoms with Gasteiger partial charge in [0.2, 0.25) is 5.79 Å². The first-order chi connectivity index (χ1) is 5.11. The summed E-state index contributed by atoms with van der Waals surface area (Å²) in [4.78, 5) is 11.2. The molecule has 0 aromatic carbocycles. The van der Waals surface area contributed by atoms with Crippen LogP contribution in [0.5, 0.6) is 0 Å². The molecular weight excluding hydrogens is 144 g/mol. The van der Waals surface area contributed by atoms with Crippen LogP contribution in [0.3, 0.4) is 0 Å². The molecule has 3 heteroatoms. The molecule has 0 aromatic heterocycles. The predicted octanol–water partition coefficient (Wildman–Crippen LogP) is 0.871. The van der Waals surface area contributed by atoms with E-state index in [4.69, 9.17) is 9.47 Å². The van der Waals surface area contributed by atoms with Gasteiger partial charge in [-0.05, 0) is 26.7 Å². The van der Waals surface area contributed by atoms with Crippen molar-refractivity contribution < 1.29 is 14.3 Å². The van der Waals surface area contributed by atoms with E-state index in [1.807, 2.05) is 6.92 Å². The van der Waals surface area contributed by atoms with Gasteiger partial charge in [0.05, 0.1) is 6.61 Å². The molecule has 2 unspecified atom stereocenters. The van der Waals surface area contributed by atoms with Crippen molar-refractivity contribution in [2.45, 2.75) is 38.1 Å². The zero-order valence-corrected chi connectivity index (χ0v) is 6.85. The van der Waals surface area contributed by atoms with Gasteiger partial charge in [-0.3, -0.25) is 4.79 Å². The number of ketones is 1. The summed E-state index contributed by atoms with van der Waals surface area (Å²) in [5.74, 6) is -0.489. The summed E-state index contributed by atoms with van der Waals surface area (Å²) in [6.07, 6.45) is 1.74. The van der Waals surface area contributed by atoms with Gasteiger partial charge in [0.25, 0.3) is 0 Å². The molecule has 2 fully saturated rings. The molecule has 2 atom stereocenters. The highest BCUT2D eigenvalue weighted by atomic mass is 16.8. The number of carbonyl (C=O) groups is 1. The first-order valence-corrected chi connectivity index (χ1v) is 3.96. The smallest absolute Gasteiger partial charge is 0.203 e. The monoisotopic (exact) mass is 156 g/mol. The molecule has 2 rings (SSSR count). The Morgan fingerprint density at radius 3 is 2.73 bits per heavy atom. The molecule has 0 aliphatic carbocycles. The fourth-order valence-electron chi connectivity index (χ4n) is 1.89. The minimum atomic E-state index is -0.586. The third kappa shape index (κ3) is 0.726. The van der Waals surface area contributed by atoms with Gasteiger partial charge >= 0.3 is 0 Å². The molecule has 62 valence electrons. The van der Waals surface area contributed by atoms with Crippen molar-refractivity contribution in [3.63, 3.8) is 0 Å². The largest absolute Gasteiger partial charge is 0.347 e. The van der Waals surface area contributed by atoms with E-state index in [0.29, 0.717) is 6.61 Å². The number of Topliss-reactive ketones (excluding diaryl/α,β-unsaturated/α-hetero) is 1. The molecule has 0 aromatic rings. The number of ether oxygens (including phenoxy) is 2. The van der Waals surface area contributed by atoms with E-state index in [1.165, 1.54) is 0 Å². The van der Waals surface area contributed by atoms with E-state index < -0.39 is 11.4 Å². The Morgan fingerprint density at radius 1 is 1.55 bits per heavy atom. The quantitative estimate of drug-likeness (QED) is 0.529. The van der Waals surface area contributed by atoms with Gasteiger partial charge in [-0.1, -0.05) is 0 Å². The molecule has 0 amide bonds. The third-order valence-corrected chi connectivity index (χ3v) is 2.68. The summed E-state index contributed by atoms with van der Waals surface area (Å²) in [7, 11) is 0.